The summed E-state index contributed by atoms with van der Waals surface area (Å²) in [7, 11) is 0. The molecule has 1 aromatic rings. The summed E-state index contributed by atoms with van der Waals surface area (Å²) in [5.74, 6) is 1.44. The Balaban J connectivity index is 2.54. The van der Waals surface area contributed by atoms with Gasteiger partial charge in [0.1, 0.15) is 5.75 Å². The quantitative estimate of drug-likeness (QED) is 0.371. The van der Waals surface area contributed by atoms with Crippen molar-refractivity contribution in [2.45, 2.75) is 52.1 Å². The highest BCUT2D eigenvalue weighted by atomic mass is 16.5. The number of hydrogen-bond donors (Lipinski definition) is 1. The third-order valence-corrected chi connectivity index (χ3v) is 3.60. The van der Waals surface area contributed by atoms with Gasteiger partial charge in [-0.2, -0.15) is 0 Å². The molecule has 22 heavy (non-hydrogen) atoms. The molecular formula is C17H27N3O2. The Labute approximate surface area is 132 Å². The van der Waals surface area contributed by atoms with Gasteiger partial charge in [0, 0.05) is 4.91 Å². The first-order valence-corrected chi connectivity index (χ1v) is 8.10. The second-order valence-electron chi connectivity index (χ2n) is 5.67. The predicted octanol–water partition coefficient (Wildman–Crippen LogP) is 4.50. The Hall–Kier alpha value is -1.71. The van der Waals surface area contributed by atoms with Crippen molar-refractivity contribution in [3.63, 3.8) is 0 Å². The number of hydrogen-bond acceptors (Lipinski definition) is 3. The molecule has 1 unspecified atom stereocenters. The van der Waals surface area contributed by atoms with Gasteiger partial charge in [-0.1, -0.05) is 43.9 Å². The van der Waals surface area contributed by atoms with E-state index in [0.717, 1.165) is 17.9 Å². The van der Waals surface area contributed by atoms with Crippen LogP contribution in [0.25, 0.3) is 10.4 Å². The van der Waals surface area contributed by atoms with Crippen LogP contribution in [0.5, 0.6) is 5.75 Å². The fourth-order valence-electron chi connectivity index (χ4n) is 2.57. The standard InChI is InChI=1S/C17H27N3O2/c1-3-6-14(7-4-2)13-22-17-9-5-8-15(11-17)10-16(21)12-19-20-18/h5,8-9,11,14,16,21H,3-4,6-7,10,12-13H2,1-2H3. The molecule has 0 saturated carbocycles. The maximum absolute atomic E-state index is 9.78. The van der Waals surface area contributed by atoms with Gasteiger partial charge in [-0.3, -0.25) is 0 Å². The third-order valence-electron chi connectivity index (χ3n) is 3.60. The first-order valence-electron chi connectivity index (χ1n) is 8.10. The van der Waals surface area contributed by atoms with Gasteiger partial charge in [0.05, 0.1) is 19.3 Å². The molecule has 0 amide bonds. The zero-order chi connectivity index (χ0) is 16.2. The van der Waals surface area contributed by atoms with Gasteiger partial charge in [0.25, 0.3) is 0 Å². The lowest BCUT2D eigenvalue weighted by Gasteiger charge is -2.17. The summed E-state index contributed by atoms with van der Waals surface area (Å²) in [5, 5.41) is 13.2. The zero-order valence-corrected chi connectivity index (χ0v) is 13.6. The molecule has 1 aromatic carbocycles. The molecule has 0 aliphatic carbocycles. The molecule has 0 fully saturated rings. The fourth-order valence-corrected chi connectivity index (χ4v) is 2.57. The molecule has 0 spiro atoms. The Morgan fingerprint density at radius 2 is 2.00 bits per heavy atom. The summed E-state index contributed by atoms with van der Waals surface area (Å²) in [6.45, 7) is 5.24. The van der Waals surface area contributed by atoms with Crippen molar-refractivity contribution < 1.29 is 9.84 Å². The first-order chi connectivity index (χ1) is 10.7. The van der Waals surface area contributed by atoms with Gasteiger partial charge in [-0.05, 0) is 48.4 Å². The Kier molecular flexibility index (Phi) is 9.12. The molecule has 0 heterocycles. The van der Waals surface area contributed by atoms with E-state index in [2.05, 4.69) is 23.9 Å². The number of rotatable bonds is 11. The highest BCUT2D eigenvalue weighted by molar-refractivity contribution is 5.29. The van der Waals surface area contributed by atoms with Gasteiger partial charge >= 0.3 is 0 Å². The van der Waals surface area contributed by atoms with E-state index in [0.29, 0.717) is 12.3 Å². The number of benzene rings is 1. The molecule has 0 aliphatic rings. The second-order valence-corrected chi connectivity index (χ2v) is 5.67. The van der Waals surface area contributed by atoms with Crippen LogP contribution >= 0.6 is 0 Å². The van der Waals surface area contributed by atoms with E-state index >= 15 is 0 Å². The Morgan fingerprint density at radius 1 is 1.27 bits per heavy atom. The monoisotopic (exact) mass is 305 g/mol. The normalized spacial score (nSPS) is 12.0. The van der Waals surface area contributed by atoms with E-state index < -0.39 is 6.10 Å². The maximum Gasteiger partial charge on any atom is 0.119 e. The van der Waals surface area contributed by atoms with E-state index in [1.54, 1.807) is 0 Å². The van der Waals surface area contributed by atoms with E-state index in [-0.39, 0.29) is 6.54 Å². The van der Waals surface area contributed by atoms with E-state index in [1.165, 1.54) is 25.7 Å². The minimum absolute atomic E-state index is 0.0939. The molecule has 0 saturated heterocycles. The van der Waals surface area contributed by atoms with Crippen LogP contribution in [0.2, 0.25) is 0 Å². The van der Waals surface area contributed by atoms with Gasteiger partial charge in [0.15, 0.2) is 0 Å². The van der Waals surface area contributed by atoms with Gasteiger partial charge < -0.3 is 9.84 Å². The maximum atomic E-state index is 9.78. The summed E-state index contributed by atoms with van der Waals surface area (Å²) in [5.41, 5.74) is 9.25. The molecule has 5 heteroatoms. The van der Waals surface area contributed by atoms with Crippen molar-refractivity contribution in [3.05, 3.63) is 40.3 Å². The second kappa shape index (κ2) is 10.9. The van der Waals surface area contributed by atoms with Crippen LogP contribution < -0.4 is 4.74 Å². The molecule has 0 aliphatic heterocycles. The number of nitrogens with zero attached hydrogens (tertiary/aromatic N) is 3. The number of ether oxygens (including phenoxy) is 1. The molecule has 1 atom stereocenters. The Bertz CT molecular complexity index is 467. The van der Waals surface area contributed by atoms with Crippen molar-refractivity contribution in [2.24, 2.45) is 11.0 Å². The zero-order valence-electron chi connectivity index (χ0n) is 13.6. The minimum atomic E-state index is -0.654. The minimum Gasteiger partial charge on any atom is -0.493 e. The number of aliphatic hydroxyl groups excluding tert-OH is 1. The van der Waals surface area contributed by atoms with Crippen LogP contribution in [-0.2, 0) is 6.42 Å². The molecule has 0 bridgehead atoms. The average molecular weight is 305 g/mol. The number of azide groups is 1. The highest BCUT2D eigenvalue weighted by Crippen LogP contribution is 2.19. The highest BCUT2D eigenvalue weighted by Gasteiger charge is 2.09. The fraction of sp³-hybridized carbons (Fsp3) is 0.647. The largest absolute Gasteiger partial charge is 0.493 e. The average Bonchev–Trinajstić information content (AvgIpc) is 2.51. The summed E-state index contributed by atoms with van der Waals surface area (Å²) in [4.78, 5) is 2.66. The van der Waals surface area contributed by atoms with Crippen molar-refractivity contribution in [2.75, 3.05) is 13.2 Å². The molecule has 0 aromatic heterocycles. The van der Waals surface area contributed by atoms with Crippen molar-refractivity contribution >= 4 is 0 Å². The molecule has 0 radical (unpaired) electrons. The molecule has 5 nitrogen and oxygen atoms in total. The molecular weight excluding hydrogens is 278 g/mol. The summed E-state index contributed by atoms with van der Waals surface area (Å²) in [6.07, 6.45) is 4.55. The van der Waals surface area contributed by atoms with Crippen molar-refractivity contribution in [3.8, 4) is 5.75 Å². The van der Waals surface area contributed by atoms with E-state index in [9.17, 15) is 5.11 Å². The number of aliphatic hydroxyl groups is 1. The lowest BCUT2D eigenvalue weighted by atomic mass is 9.99. The molecule has 122 valence electrons. The van der Waals surface area contributed by atoms with Crippen molar-refractivity contribution in [1.82, 2.24) is 0 Å². The lowest BCUT2D eigenvalue weighted by molar-refractivity contribution is 0.183. The molecule has 1 rings (SSSR count). The van der Waals surface area contributed by atoms with Crippen LogP contribution in [0, 0.1) is 5.92 Å². The summed E-state index contributed by atoms with van der Waals surface area (Å²) >= 11 is 0. The van der Waals surface area contributed by atoms with Crippen LogP contribution in [0.15, 0.2) is 29.4 Å². The van der Waals surface area contributed by atoms with Gasteiger partial charge in [0.2, 0.25) is 0 Å². The van der Waals surface area contributed by atoms with Crippen LogP contribution in [0.3, 0.4) is 0 Å². The van der Waals surface area contributed by atoms with E-state index in [1.807, 2.05) is 24.3 Å². The van der Waals surface area contributed by atoms with Crippen LogP contribution in [0.1, 0.15) is 45.1 Å². The third kappa shape index (κ3) is 7.34. The molecule has 1 N–H and O–H groups in total. The van der Waals surface area contributed by atoms with Gasteiger partial charge in [-0.25, -0.2) is 0 Å². The smallest absolute Gasteiger partial charge is 0.119 e. The van der Waals surface area contributed by atoms with Crippen LogP contribution in [-0.4, -0.2) is 24.4 Å². The van der Waals surface area contributed by atoms with E-state index in [4.69, 9.17) is 10.3 Å². The summed E-state index contributed by atoms with van der Waals surface area (Å²) in [6, 6.07) is 7.77. The Morgan fingerprint density at radius 3 is 2.64 bits per heavy atom. The predicted molar refractivity (Wildman–Crippen MR) is 89.0 cm³/mol. The topological polar surface area (TPSA) is 78.2 Å². The first kappa shape index (κ1) is 18.3. The van der Waals surface area contributed by atoms with Crippen LogP contribution in [0.4, 0.5) is 0 Å². The summed E-state index contributed by atoms with van der Waals surface area (Å²) < 4.78 is 5.91. The van der Waals surface area contributed by atoms with Gasteiger partial charge in [-0.15, -0.1) is 0 Å². The SMILES string of the molecule is CCCC(CCC)COc1cccc(CC(O)CN=[N+]=[N-])c1. The van der Waals surface area contributed by atoms with Crippen molar-refractivity contribution in [1.29, 1.82) is 0 Å². The lowest BCUT2D eigenvalue weighted by Crippen LogP contribution is -2.14.